The van der Waals surface area contributed by atoms with Crippen molar-refractivity contribution in [2.24, 2.45) is 11.7 Å². The number of carbonyl (C=O) groups is 1. The van der Waals surface area contributed by atoms with E-state index in [2.05, 4.69) is 4.90 Å². The number of nitrogens with two attached hydrogens (primary N) is 1. The molecule has 0 aromatic carbocycles. The summed E-state index contributed by atoms with van der Waals surface area (Å²) in [6, 6.07) is -0.397. The summed E-state index contributed by atoms with van der Waals surface area (Å²) in [5, 5.41) is 9.76. The van der Waals surface area contributed by atoms with Crippen molar-refractivity contribution < 1.29 is 9.90 Å². The molecule has 1 amide bonds. The molecule has 0 spiro atoms. The lowest BCUT2D eigenvalue weighted by Gasteiger charge is -2.38. The third-order valence-corrected chi connectivity index (χ3v) is 3.30. The van der Waals surface area contributed by atoms with Crippen LogP contribution in [0.5, 0.6) is 0 Å². The molecule has 1 heterocycles. The van der Waals surface area contributed by atoms with E-state index in [-0.39, 0.29) is 11.8 Å². The zero-order valence-corrected chi connectivity index (χ0v) is 12.0. The van der Waals surface area contributed by atoms with Crippen LogP contribution < -0.4 is 5.73 Å². The number of aliphatic hydroxyl groups is 1. The third kappa shape index (κ3) is 4.55. The lowest BCUT2D eigenvalue weighted by molar-refractivity contribution is -0.135. The van der Waals surface area contributed by atoms with E-state index in [4.69, 9.17) is 5.73 Å². The van der Waals surface area contributed by atoms with Crippen LogP contribution in [0, 0.1) is 5.92 Å². The Kier molecular flexibility index (Phi) is 5.13. The molecule has 5 heteroatoms. The van der Waals surface area contributed by atoms with Gasteiger partial charge in [0.15, 0.2) is 0 Å². The number of rotatable bonds is 4. The molecule has 1 atom stereocenters. The minimum Gasteiger partial charge on any atom is -0.389 e. The molecule has 0 bridgehead atoms. The predicted octanol–water partition coefficient (Wildman–Crippen LogP) is -0.115. The van der Waals surface area contributed by atoms with Gasteiger partial charge in [0, 0.05) is 32.7 Å². The van der Waals surface area contributed by atoms with Gasteiger partial charge in [-0.25, -0.2) is 0 Å². The van der Waals surface area contributed by atoms with Crippen molar-refractivity contribution in [1.29, 1.82) is 0 Å². The minimum absolute atomic E-state index is 0.0490. The number of piperazine rings is 1. The summed E-state index contributed by atoms with van der Waals surface area (Å²) in [6.45, 7) is 11.2. The van der Waals surface area contributed by atoms with E-state index < -0.39 is 11.6 Å². The highest BCUT2D eigenvalue weighted by Crippen LogP contribution is 2.11. The van der Waals surface area contributed by atoms with Gasteiger partial charge in [-0.05, 0) is 19.8 Å². The molecule has 0 saturated carbocycles. The van der Waals surface area contributed by atoms with E-state index in [0.717, 1.165) is 13.1 Å². The average Bonchev–Trinajstić information content (AvgIpc) is 2.26. The molecule has 0 aromatic heterocycles. The Morgan fingerprint density at radius 1 is 1.28 bits per heavy atom. The summed E-state index contributed by atoms with van der Waals surface area (Å²) in [5.74, 6) is 0.222. The van der Waals surface area contributed by atoms with Gasteiger partial charge in [0.2, 0.25) is 5.91 Å². The second kappa shape index (κ2) is 5.99. The minimum atomic E-state index is -0.680. The van der Waals surface area contributed by atoms with Crippen molar-refractivity contribution in [3.63, 3.8) is 0 Å². The van der Waals surface area contributed by atoms with Crippen molar-refractivity contribution in [2.45, 2.75) is 39.3 Å². The molecule has 1 aliphatic heterocycles. The second-order valence-electron chi connectivity index (χ2n) is 6.18. The molecule has 0 aromatic rings. The molecule has 1 fully saturated rings. The van der Waals surface area contributed by atoms with Crippen LogP contribution in [0.15, 0.2) is 0 Å². The van der Waals surface area contributed by atoms with Gasteiger partial charge in [0.1, 0.15) is 0 Å². The zero-order valence-electron chi connectivity index (χ0n) is 12.0. The van der Waals surface area contributed by atoms with Crippen molar-refractivity contribution in [2.75, 3.05) is 32.7 Å². The lowest BCUT2D eigenvalue weighted by atomic mass is 10.0. The summed E-state index contributed by atoms with van der Waals surface area (Å²) in [7, 11) is 0. The molecular formula is C13H27N3O2. The summed E-state index contributed by atoms with van der Waals surface area (Å²) in [5.41, 5.74) is 5.20. The van der Waals surface area contributed by atoms with Gasteiger partial charge in [0.25, 0.3) is 0 Å². The van der Waals surface area contributed by atoms with Gasteiger partial charge in [-0.2, -0.15) is 0 Å². The quantitative estimate of drug-likeness (QED) is 0.737. The Bertz CT molecular complexity index is 278. The molecule has 1 saturated heterocycles. The van der Waals surface area contributed by atoms with E-state index in [0.29, 0.717) is 19.6 Å². The molecule has 0 aliphatic carbocycles. The van der Waals surface area contributed by atoms with Crippen LogP contribution in [-0.2, 0) is 4.79 Å². The summed E-state index contributed by atoms with van der Waals surface area (Å²) < 4.78 is 0. The Morgan fingerprint density at radius 2 is 1.78 bits per heavy atom. The molecule has 1 rings (SSSR count). The maximum Gasteiger partial charge on any atom is 0.239 e. The molecular weight excluding hydrogens is 230 g/mol. The van der Waals surface area contributed by atoms with E-state index in [9.17, 15) is 9.90 Å². The largest absolute Gasteiger partial charge is 0.389 e. The smallest absolute Gasteiger partial charge is 0.239 e. The number of β-amino-alcohol motifs (C(OH)–C–C–N with tert-alkyl or cyclic N) is 1. The van der Waals surface area contributed by atoms with E-state index in [1.165, 1.54) is 0 Å². The van der Waals surface area contributed by atoms with E-state index in [1.807, 2.05) is 18.7 Å². The van der Waals surface area contributed by atoms with E-state index >= 15 is 0 Å². The number of carbonyl (C=O) groups excluding carboxylic acids is 1. The van der Waals surface area contributed by atoms with Gasteiger partial charge >= 0.3 is 0 Å². The van der Waals surface area contributed by atoms with Gasteiger partial charge in [0.05, 0.1) is 11.6 Å². The fraction of sp³-hybridized carbons (Fsp3) is 0.923. The monoisotopic (exact) mass is 257 g/mol. The van der Waals surface area contributed by atoms with Gasteiger partial charge < -0.3 is 15.7 Å². The van der Waals surface area contributed by atoms with Crippen molar-refractivity contribution >= 4 is 5.91 Å². The fourth-order valence-electron chi connectivity index (χ4n) is 2.17. The number of nitrogens with zero attached hydrogens (tertiary/aromatic N) is 2. The Balaban J connectivity index is 2.42. The van der Waals surface area contributed by atoms with Crippen molar-refractivity contribution in [1.82, 2.24) is 9.80 Å². The van der Waals surface area contributed by atoms with Crippen LogP contribution in [0.2, 0.25) is 0 Å². The second-order valence-corrected chi connectivity index (χ2v) is 6.18. The molecule has 5 nitrogen and oxygen atoms in total. The zero-order chi connectivity index (χ0) is 13.9. The predicted molar refractivity (Wildman–Crippen MR) is 72.1 cm³/mol. The van der Waals surface area contributed by atoms with Crippen LogP contribution in [0.3, 0.4) is 0 Å². The van der Waals surface area contributed by atoms with Crippen LogP contribution in [0.1, 0.15) is 27.7 Å². The Hall–Kier alpha value is -0.650. The maximum absolute atomic E-state index is 12.1. The highest BCUT2D eigenvalue weighted by molar-refractivity contribution is 5.82. The molecule has 0 radical (unpaired) electrons. The highest BCUT2D eigenvalue weighted by atomic mass is 16.3. The fourth-order valence-corrected chi connectivity index (χ4v) is 2.17. The van der Waals surface area contributed by atoms with Crippen LogP contribution in [0.4, 0.5) is 0 Å². The van der Waals surface area contributed by atoms with E-state index in [1.54, 1.807) is 13.8 Å². The first-order valence-electron chi connectivity index (χ1n) is 6.70. The SMILES string of the molecule is CC(C)[C@H](N)C(=O)N1CCN(CC(C)(C)O)CC1. The van der Waals surface area contributed by atoms with Crippen LogP contribution >= 0.6 is 0 Å². The summed E-state index contributed by atoms with van der Waals surface area (Å²) in [4.78, 5) is 16.1. The first kappa shape index (κ1) is 15.4. The standard InChI is InChI=1S/C13H27N3O2/c1-10(2)11(14)12(17)16-7-5-15(6-8-16)9-13(3,4)18/h10-11,18H,5-9,14H2,1-4H3/t11-/m0/s1. The van der Waals surface area contributed by atoms with Crippen LogP contribution in [0.25, 0.3) is 0 Å². The molecule has 3 N–H and O–H groups in total. The Morgan fingerprint density at radius 3 is 2.17 bits per heavy atom. The third-order valence-electron chi connectivity index (χ3n) is 3.30. The molecule has 0 unspecified atom stereocenters. The molecule has 106 valence electrons. The molecule has 1 aliphatic rings. The summed E-state index contributed by atoms with van der Waals surface area (Å²) in [6.07, 6.45) is 0. The van der Waals surface area contributed by atoms with Gasteiger partial charge in [-0.15, -0.1) is 0 Å². The lowest BCUT2D eigenvalue weighted by Crippen LogP contribution is -2.55. The molecule has 18 heavy (non-hydrogen) atoms. The first-order chi connectivity index (χ1) is 8.20. The van der Waals surface area contributed by atoms with Gasteiger partial charge in [-0.1, -0.05) is 13.8 Å². The van der Waals surface area contributed by atoms with Crippen molar-refractivity contribution in [3.05, 3.63) is 0 Å². The normalized spacial score (nSPS) is 20.3. The van der Waals surface area contributed by atoms with Crippen molar-refractivity contribution in [3.8, 4) is 0 Å². The highest BCUT2D eigenvalue weighted by Gasteiger charge is 2.28. The maximum atomic E-state index is 12.1. The first-order valence-corrected chi connectivity index (χ1v) is 6.70. The number of hydrogen-bond acceptors (Lipinski definition) is 4. The average molecular weight is 257 g/mol. The Labute approximate surface area is 110 Å². The summed E-state index contributed by atoms with van der Waals surface area (Å²) >= 11 is 0. The number of hydrogen-bond donors (Lipinski definition) is 2. The topological polar surface area (TPSA) is 69.8 Å². The van der Waals surface area contributed by atoms with Gasteiger partial charge in [-0.3, -0.25) is 9.69 Å². The number of amides is 1. The van der Waals surface area contributed by atoms with Crippen LogP contribution in [-0.4, -0.2) is 65.2 Å².